The average molecular weight is 410 g/mol. The van der Waals surface area contributed by atoms with Crippen LogP contribution in [0.25, 0.3) is 5.76 Å². The Morgan fingerprint density at radius 2 is 1.87 bits per heavy atom. The second-order valence-electron chi connectivity index (χ2n) is 9.40. The monoisotopic (exact) mass is 409 g/mol. The number of methoxy groups -OCH3 is 1. The third-order valence-electron chi connectivity index (χ3n) is 6.13. The maximum absolute atomic E-state index is 12.5. The van der Waals surface area contributed by atoms with Gasteiger partial charge in [0, 0.05) is 24.8 Å². The Morgan fingerprint density at radius 1 is 1.17 bits per heavy atom. The molecule has 1 amide bonds. The van der Waals surface area contributed by atoms with Crippen molar-refractivity contribution in [3.63, 3.8) is 0 Å². The highest BCUT2D eigenvalue weighted by molar-refractivity contribution is 5.68. The molecule has 6 heteroatoms. The number of carbonyl (C=O) groups excluding carboxylic acids is 1. The summed E-state index contributed by atoms with van der Waals surface area (Å²) < 4.78 is 13.3. The van der Waals surface area contributed by atoms with Crippen molar-refractivity contribution in [3.05, 3.63) is 59.4 Å². The number of hydrogen-bond acceptors (Lipinski definition) is 4. The van der Waals surface area contributed by atoms with Crippen molar-refractivity contribution in [2.45, 2.75) is 52.2 Å². The molecule has 2 heterocycles. The first-order valence-electron chi connectivity index (χ1n) is 10.6. The molecule has 1 spiro atoms. The van der Waals surface area contributed by atoms with Gasteiger partial charge >= 0.3 is 6.09 Å². The number of piperidine rings is 1. The smallest absolute Gasteiger partial charge is 0.410 e. The molecule has 1 aromatic heterocycles. The summed E-state index contributed by atoms with van der Waals surface area (Å²) in [5.41, 5.74) is 3.10. The van der Waals surface area contributed by atoms with Crippen LogP contribution in [0.5, 0.6) is 0 Å². The lowest BCUT2D eigenvalue weighted by atomic mass is 9.71. The molecule has 2 aliphatic rings. The van der Waals surface area contributed by atoms with Gasteiger partial charge in [-0.15, -0.1) is 0 Å². The number of rotatable bonds is 3. The van der Waals surface area contributed by atoms with Crippen LogP contribution < -0.4 is 0 Å². The minimum absolute atomic E-state index is 0.000299. The van der Waals surface area contributed by atoms with Crippen molar-refractivity contribution in [1.82, 2.24) is 14.7 Å². The van der Waals surface area contributed by atoms with Crippen molar-refractivity contribution in [2.24, 2.45) is 5.41 Å². The summed E-state index contributed by atoms with van der Waals surface area (Å²) in [6.07, 6.45) is 6.87. The molecule has 1 fully saturated rings. The number of allylic oxidation sites excluding steroid dienone is 1. The first kappa shape index (κ1) is 20.5. The standard InChI is InChI=1S/C24H31N3O3/c1-23(2,3)27-16-19-14-24(15-20(29-4)21(19)25-27)10-12-26(13-11-24)22(28)30-17-18-8-6-5-7-9-18/h5-9,15-16H,10-14,17H2,1-4H3. The molecule has 1 aliphatic heterocycles. The number of nitrogens with zero attached hydrogens (tertiary/aromatic N) is 3. The first-order valence-corrected chi connectivity index (χ1v) is 10.6. The van der Waals surface area contributed by atoms with Crippen LogP contribution in [-0.2, 0) is 28.0 Å². The van der Waals surface area contributed by atoms with Crippen LogP contribution >= 0.6 is 0 Å². The Labute approximate surface area is 178 Å². The largest absolute Gasteiger partial charge is 0.495 e. The van der Waals surface area contributed by atoms with Crippen LogP contribution in [0.1, 0.15) is 50.4 Å². The van der Waals surface area contributed by atoms with Crippen LogP contribution in [0.3, 0.4) is 0 Å². The molecule has 1 aromatic carbocycles. The van der Waals surface area contributed by atoms with Crippen LogP contribution in [0.2, 0.25) is 0 Å². The van der Waals surface area contributed by atoms with Gasteiger partial charge in [-0.1, -0.05) is 30.3 Å². The number of carbonyl (C=O) groups is 1. The molecule has 0 N–H and O–H groups in total. The SMILES string of the molecule is COC1=CC2(CCN(C(=O)OCc3ccccc3)CC2)Cc2cn(C(C)(C)C)nc21. The molecule has 4 rings (SSSR count). The summed E-state index contributed by atoms with van der Waals surface area (Å²) in [6.45, 7) is 8.13. The molecule has 0 bridgehead atoms. The predicted octanol–water partition coefficient (Wildman–Crippen LogP) is 4.60. The topological polar surface area (TPSA) is 56.6 Å². The van der Waals surface area contributed by atoms with Gasteiger partial charge in [0.1, 0.15) is 18.1 Å². The number of aromatic nitrogens is 2. The van der Waals surface area contributed by atoms with Crippen molar-refractivity contribution < 1.29 is 14.3 Å². The zero-order valence-electron chi connectivity index (χ0n) is 18.4. The molecule has 0 unspecified atom stereocenters. The van der Waals surface area contributed by atoms with Crippen LogP contribution in [0, 0.1) is 5.41 Å². The van der Waals surface area contributed by atoms with Crippen molar-refractivity contribution >= 4 is 11.9 Å². The number of likely N-dealkylation sites (tertiary alicyclic amines) is 1. The van der Waals surface area contributed by atoms with E-state index in [4.69, 9.17) is 14.6 Å². The molecule has 0 atom stereocenters. The first-order chi connectivity index (χ1) is 14.3. The normalized spacial score (nSPS) is 18.0. The maximum Gasteiger partial charge on any atom is 0.410 e. The molecule has 1 saturated heterocycles. The number of ether oxygens (including phenoxy) is 2. The molecule has 30 heavy (non-hydrogen) atoms. The average Bonchev–Trinajstić information content (AvgIpc) is 3.17. The zero-order chi connectivity index (χ0) is 21.4. The van der Waals surface area contributed by atoms with Gasteiger partial charge in [-0.25, -0.2) is 4.79 Å². The Morgan fingerprint density at radius 3 is 2.50 bits per heavy atom. The molecular formula is C24H31N3O3. The Kier molecular flexibility index (Phi) is 5.35. The number of hydrogen-bond donors (Lipinski definition) is 0. The van der Waals surface area contributed by atoms with Crippen LogP contribution in [0.15, 0.2) is 42.6 Å². The molecule has 6 nitrogen and oxygen atoms in total. The lowest BCUT2D eigenvalue weighted by Gasteiger charge is -2.41. The predicted molar refractivity (Wildman–Crippen MR) is 116 cm³/mol. The van der Waals surface area contributed by atoms with E-state index in [0.717, 1.165) is 36.3 Å². The summed E-state index contributed by atoms with van der Waals surface area (Å²) in [4.78, 5) is 14.3. The Bertz CT molecular complexity index is 932. The van der Waals surface area contributed by atoms with Crippen LogP contribution in [-0.4, -0.2) is 41.0 Å². The van der Waals surface area contributed by atoms with E-state index in [0.29, 0.717) is 19.7 Å². The van der Waals surface area contributed by atoms with Crippen LogP contribution in [0.4, 0.5) is 4.79 Å². The van der Waals surface area contributed by atoms with Gasteiger partial charge in [0.2, 0.25) is 0 Å². The highest BCUT2D eigenvalue weighted by Crippen LogP contribution is 2.44. The number of fused-ring (bicyclic) bond motifs is 1. The maximum atomic E-state index is 12.5. The van der Waals surface area contributed by atoms with E-state index in [-0.39, 0.29) is 17.0 Å². The summed E-state index contributed by atoms with van der Waals surface area (Å²) in [6, 6.07) is 9.79. The van der Waals surface area contributed by atoms with Gasteiger partial charge in [0.05, 0.1) is 12.6 Å². The lowest BCUT2D eigenvalue weighted by Crippen LogP contribution is -2.44. The highest BCUT2D eigenvalue weighted by atomic mass is 16.6. The lowest BCUT2D eigenvalue weighted by molar-refractivity contribution is 0.0717. The minimum atomic E-state index is -0.235. The molecule has 160 valence electrons. The van der Waals surface area contributed by atoms with E-state index in [1.807, 2.05) is 39.9 Å². The fourth-order valence-corrected chi connectivity index (χ4v) is 4.29. The van der Waals surface area contributed by atoms with Gasteiger partial charge in [0.15, 0.2) is 0 Å². The van der Waals surface area contributed by atoms with Gasteiger partial charge in [-0.2, -0.15) is 5.10 Å². The summed E-state index contributed by atoms with van der Waals surface area (Å²) >= 11 is 0. The summed E-state index contributed by atoms with van der Waals surface area (Å²) in [7, 11) is 1.71. The molecule has 2 aromatic rings. The third-order valence-corrected chi connectivity index (χ3v) is 6.13. The molecule has 1 aliphatic carbocycles. The fourth-order valence-electron chi connectivity index (χ4n) is 4.29. The molecule has 0 radical (unpaired) electrons. The third kappa shape index (κ3) is 4.09. The minimum Gasteiger partial charge on any atom is -0.495 e. The Hall–Kier alpha value is -2.76. The number of benzene rings is 1. The second-order valence-corrected chi connectivity index (χ2v) is 9.40. The van der Waals surface area contributed by atoms with E-state index in [9.17, 15) is 4.79 Å². The van der Waals surface area contributed by atoms with Gasteiger partial charge < -0.3 is 14.4 Å². The van der Waals surface area contributed by atoms with E-state index >= 15 is 0 Å². The second kappa shape index (κ2) is 7.82. The van der Waals surface area contributed by atoms with E-state index in [1.54, 1.807) is 7.11 Å². The van der Waals surface area contributed by atoms with Crippen molar-refractivity contribution in [3.8, 4) is 0 Å². The molecular weight excluding hydrogens is 378 g/mol. The number of amides is 1. The summed E-state index contributed by atoms with van der Waals surface area (Å²) in [5, 5.41) is 4.79. The summed E-state index contributed by atoms with van der Waals surface area (Å²) in [5.74, 6) is 0.847. The Balaban J connectivity index is 1.42. The molecule has 0 saturated carbocycles. The zero-order valence-corrected chi connectivity index (χ0v) is 18.4. The van der Waals surface area contributed by atoms with E-state index in [1.165, 1.54) is 5.56 Å². The van der Waals surface area contributed by atoms with Crippen molar-refractivity contribution in [2.75, 3.05) is 20.2 Å². The van der Waals surface area contributed by atoms with Gasteiger partial charge in [0.25, 0.3) is 0 Å². The van der Waals surface area contributed by atoms with E-state index < -0.39 is 0 Å². The van der Waals surface area contributed by atoms with Gasteiger partial charge in [-0.05, 0) is 57.1 Å². The van der Waals surface area contributed by atoms with Crippen molar-refractivity contribution in [1.29, 1.82) is 0 Å². The fraction of sp³-hybridized carbons (Fsp3) is 0.500. The van der Waals surface area contributed by atoms with E-state index in [2.05, 4.69) is 33.0 Å². The van der Waals surface area contributed by atoms with Gasteiger partial charge in [-0.3, -0.25) is 4.68 Å². The highest BCUT2D eigenvalue weighted by Gasteiger charge is 2.40. The quantitative estimate of drug-likeness (QED) is 0.743.